The maximum absolute atomic E-state index is 11.4. The summed E-state index contributed by atoms with van der Waals surface area (Å²) in [5.41, 5.74) is -0.605. The first-order chi connectivity index (χ1) is 11.6. The van der Waals surface area contributed by atoms with Crippen LogP contribution < -0.4 is 14.8 Å². The first-order valence-corrected chi connectivity index (χ1v) is 8.05. The van der Waals surface area contributed by atoms with Crippen LogP contribution in [-0.2, 0) is 11.3 Å². The van der Waals surface area contributed by atoms with Crippen LogP contribution in [0.5, 0.6) is 11.5 Å². The summed E-state index contributed by atoms with van der Waals surface area (Å²) in [6, 6.07) is 5.59. The van der Waals surface area contributed by atoms with Gasteiger partial charge in [-0.2, -0.15) is 5.11 Å². The zero-order valence-corrected chi connectivity index (χ0v) is 13.6. The Morgan fingerprint density at radius 1 is 1.38 bits per heavy atom. The Morgan fingerprint density at radius 3 is 2.79 bits per heavy atom. The lowest BCUT2D eigenvalue weighted by Gasteiger charge is -2.20. The second-order valence-electron chi connectivity index (χ2n) is 5.97. The molecule has 7 heteroatoms. The highest BCUT2D eigenvalue weighted by atomic mass is 16.5. The summed E-state index contributed by atoms with van der Waals surface area (Å²) in [5, 5.41) is 19.7. The molecule has 3 rings (SSSR count). The Kier molecular flexibility index (Phi) is 4.80. The summed E-state index contributed by atoms with van der Waals surface area (Å²) in [5.74, 6) is 0.284. The van der Waals surface area contributed by atoms with Crippen LogP contribution >= 0.6 is 0 Å². The lowest BCUT2D eigenvalue weighted by molar-refractivity contribution is -0.142. The summed E-state index contributed by atoms with van der Waals surface area (Å²) in [7, 11) is 1.61. The molecule has 0 amide bonds. The number of hydrogen-bond donors (Lipinski definition) is 2. The number of carbonyl (C=O) groups is 1. The number of carboxylic acid groups (broad SMARTS) is 1. The number of nitrogens with zero attached hydrogens (tertiary/aromatic N) is 2. The van der Waals surface area contributed by atoms with E-state index >= 15 is 0 Å². The van der Waals surface area contributed by atoms with Crippen molar-refractivity contribution in [3.63, 3.8) is 0 Å². The van der Waals surface area contributed by atoms with Gasteiger partial charge in [0.1, 0.15) is 0 Å². The number of rotatable bonds is 7. The molecule has 1 saturated carbocycles. The Balaban J connectivity index is 1.72. The molecule has 0 spiro atoms. The highest BCUT2D eigenvalue weighted by Gasteiger charge is 2.37. The van der Waals surface area contributed by atoms with Gasteiger partial charge in [0.15, 0.2) is 11.5 Å². The van der Waals surface area contributed by atoms with Gasteiger partial charge in [0.2, 0.25) is 5.66 Å². The van der Waals surface area contributed by atoms with Gasteiger partial charge in [-0.3, -0.25) is 5.32 Å². The molecule has 1 heterocycles. The topological polar surface area (TPSA) is 92.5 Å². The monoisotopic (exact) mass is 331 g/mol. The molecule has 0 saturated heterocycles. The van der Waals surface area contributed by atoms with E-state index in [-0.39, 0.29) is 6.10 Å². The van der Waals surface area contributed by atoms with Crippen LogP contribution in [0, 0.1) is 0 Å². The molecule has 0 aromatic heterocycles. The van der Waals surface area contributed by atoms with Gasteiger partial charge in [0.25, 0.3) is 0 Å². The van der Waals surface area contributed by atoms with Crippen molar-refractivity contribution in [3.05, 3.63) is 36.0 Å². The van der Waals surface area contributed by atoms with Gasteiger partial charge < -0.3 is 14.6 Å². The van der Waals surface area contributed by atoms with Gasteiger partial charge in [-0.25, -0.2) is 4.79 Å². The number of nitrogens with one attached hydrogen (secondary N) is 1. The summed E-state index contributed by atoms with van der Waals surface area (Å²) in [4.78, 5) is 11.4. The van der Waals surface area contributed by atoms with E-state index in [2.05, 4.69) is 15.5 Å². The average Bonchev–Trinajstić information content (AvgIpc) is 3.25. The second kappa shape index (κ2) is 7.00. The number of aliphatic carboxylic acids is 1. The third-order valence-electron chi connectivity index (χ3n) is 4.31. The molecule has 1 aromatic rings. The summed E-state index contributed by atoms with van der Waals surface area (Å²) >= 11 is 0. The Labute approximate surface area is 140 Å². The van der Waals surface area contributed by atoms with E-state index in [1.165, 1.54) is 25.1 Å². The third kappa shape index (κ3) is 3.41. The lowest BCUT2D eigenvalue weighted by atomic mass is 10.1. The van der Waals surface area contributed by atoms with Crippen molar-refractivity contribution in [2.75, 3.05) is 7.11 Å². The van der Waals surface area contributed by atoms with E-state index in [1.807, 2.05) is 18.2 Å². The van der Waals surface area contributed by atoms with Crippen molar-refractivity contribution >= 4 is 5.97 Å². The quantitative estimate of drug-likeness (QED) is 0.801. The molecular formula is C17H21N3O4. The van der Waals surface area contributed by atoms with Crippen LogP contribution in [0.3, 0.4) is 0 Å². The average molecular weight is 331 g/mol. The predicted octanol–water partition coefficient (Wildman–Crippen LogP) is 2.87. The molecule has 2 aliphatic rings. The van der Waals surface area contributed by atoms with Crippen molar-refractivity contribution in [2.24, 2.45) is 10.2 Å². The molecule has 128 valence electrons. The summed E-state index contributed by atoms with van der Waals surface area (Å²) < 4.78 is 11.4. The minimum Gasteiger partial charge on any atom is -0.493 e. The van der Waals surface area contributed by atoms with E-state index in [9.17, 15) is 9.90 Å². The van der Waals surface area contributed by atoms with Gasteiger partial charge in [0.05, 0.1) is 13.2 Å². The third-order valence-corrected chi connectivity index (χ3v) is 4.31. The van der Waals surface area contributed by atoms with Crippen molar-refractivity contribution in [1.29, 1.82) is 0 Å². The van der Waals surface area contributed by atoms with E-state index in [4.69, 9.17) is 9.47 Å². The van der Waals surface area contributed by atoms with Crippen molar-refractivity contribution in [3.8, 4) is 11.5 Å². The van der Waals surface area contributed by atoms with Gasteiger partial charge >= 0.3 is 5.97 Å². The fourth-order valence-electron chi connectivity index (χ4n) is 2.93. The van der Waals surface area contributed by atoms with Gasteiger partial charge in [-0.1, -0.05) is 6.07 Å². The van der Waals surface area contributed by atoms with Gasteiger partial charge in [-0.15, -0.1) is 5.11 Å². The van der Waals surface area contributed by atoms with Gasteiger partial charge in [-0.05, 0) is 49.5 Å². The molecule has 0 bridgehead atoms. The van der Waals surface area contributed by atoms with Crippen LogP contribution in [0.1, 0.15) is 31.2 Å². The smallest absolute Gasteiger partial charge is 0.352 e. The fraction of sp³-hybridized carbons (Fsp3) is 0.471. The maximum atomic E-state index is 11.4. The van der Waals surface area contributed by atoms with Crippen molar-refractivity contribution < 1.29 is 19.4 Å². The Hall–Kier alpha value is -2.41. The van der Waals surface area contributed by atoms with Crippen LogP contribution in [0.25, 0.3) is 0 Å². The molecule has 2 N–H and O–H groups in total. The number of benzene rings is 1. The zero-order chi connectivity index (χ0) is 17.0. The molecule has 7 nitrogen and oxygen atoms in total. The first-order valence-electron chi connectivity index (χ1n) is 8.05. The van der Waals surface area contributed by atoms with Crippen molar-refractivity contribution in [2.45, 2.75) is 44.0 Å². The zero-order valence-electron chi connectivity index (χ0n) is 13.6. The van der Waals surface area contributed by atoms with E-state index in [1.54, 1.807) is 7.11 Å². The number of carboxylic acids is 1. The maximum Gasteiger partial charge on any atom is 0.352 e. The predicted molar refractivity (Wildman–Crippen MR) is 87.1 cm³/mol. The first kappa shape index (κ1) is 16.4. The Morgan fingerprint density at radius 2 is 2.17 bits per heavy atom. The summed E-state index contributed by atoms with van der Waals surface area (Å²) in [6.07, 6.45) is 7.51. The van der Waals surface area contributed by atoms with Crippen LogP contribution in [0.2, 0.25) is 0 Å². The Bertz CT molecular complexity index is 654. The normalized spacial score (nSPS) is 22.9. The van der Waals surface area contributed by atoms with Gasteiger partial charge in [0, 0.05) is 12.7 Å². The molecule has 24 heavy (non-hydrogen) atoms. The molecular weight excluding hydrogens is 310 g/mol. The van der Waals surface area contributed by atoms with Crippen LogP contribution in [0.15, 0.2) is 40.7 Å². The highest BCUT2D eigenvalue weighted by Crippen LogP contribution is 2.32. The minimum absolute atomic E-state index is 0.221. The summed E-state index contributed by atoms with van der Waals surface area (Å²) in [6.45, 7) is 0.320. The van der Waals surface area contributed by atoms with Crippen LogP contribution in [-0.4, -0.2) is 30.0 Å². The fourth-order valence-corrected chi connectivity index (χ4v) is 2.93. The molecule has 1 atom stereocenters. The van der Waals surface area contributed by atoms with E-state index in [0.29, 0.717) is 18.0 Å². The number of ether oxygens (including phenoxy) is 2. The number of azo groups is 1. The molecule has 1 aliphatic carbocycles. The number of hydrogen-bond acceptors (Lipinski definition) is 6. The van der Waals surface area contributed by atoms with E-state index in [0.717, 1.165) is 18.4 Å². The molecule has 1 unspecified atom stereocenters. The standard InChI is InChI=1S/C17H21N3O4/c1-23-14-7-6-12(10-15(14)24-13-4-2-3-5-13)11-18-17(16(21)22)8-9-19-20-17/h6-10,13,18H,2-5,11H2,1H3,(H,21,22). The lowest BCUT2D eigenvalue weighted by Crippen LogP contribution is -2.47. The number of methoxy groups -OCH3 is 1. The van der Waals surface area contributed by atoms with Crippen LogP contribution in [0.4, 0.5) is 0 Å². The minimum atomic E-state index is -1.49. The molecule has 1 fully saturated rings. The SMILES string of the molecule is COc1ccc(CNC2(C(=O)O)C=CN=N2)cc1OC1CCCC1. The second-order valence-corrected chi connectivity index (χ2v) is 5.97. The molecule has 1 aromatic carbocycles. The molecule has 0 radical (unpaired) electrons. The van der Waals surface area contributed by atoms with Crippen molar-refractivity contribution in [1.82, 2.24) is 5.32 Å². The van der Waals surface area contributed by atoms with E-state index < -0.39 is 11.6 Å². The molecule has 1 aliphatic heterocycles. The highest BCUT2D eigenvalue weighted by molar-refractivity contribution is 5.81. The largest absolute Gasteiger partial charge is 0.493 e.